The second-order valence-corrected chi connectivity index (χ2v) is 5.92. The van der Waals surface area contributed by atoms with Crippen LogP contribution in [-0.4, -0.2) is 16.9 Å². The summed E-state index contributed by atoms with van der Waals surface area (Å²) in [6.45, 7) is 3.23. The van der Waals surface area contributed by atoms with Crippen molar-refractivity contribution < 1.29 is 14.7 Å². The van der Waals surface area contributed by atoms with E-state index in [9.17, 15) is 14.7 Å². The molecule has 24 heavy (non-hydrogen) atoms. The van der Waals surface area contributed by atoms with Gasteiger partial charge in [0.15, 0.2) is 0 Å². The van der Waals surface area contributed by atoms with Gasteiger partial charge in [-0.05, 0) is 42.3 Å². The van der Waals surface area contributed by atoms with Crippen molar-refractivity contribution in [2.45, 2.75) is 26.4 Å². The van der Waals surface area contributed by atoms with Crippen LogP contribution in [0.15, 0.2) is 42.5 Å². The molecule has 3 N–H and O–H groups in total. The van der Waals surface area contributed by atoms with E-state index >= 15 is 0 Å². The Kier molecular flexibility index (Phi) is 5.95. The van der Waals surface area contributed by atoms with Crippen LogP contribution in [0.2, 0.25) is 5.02 Å². The molecule has 2 aromatic carbocycles. The van der Waals surface area contributed by atoms with Gasteiger partial charge in [-0.15, -0.1) is 0 Å². The van der Waals surface area contributed by atoms with Gasteiger partial charge in [-0.1, -0.05) is 29.8 Å². The third-order valence-electron chi connectivity index (χ3n) is 3.55. The van der Waals surface area contributed by atoms with Crippen molar-refractivity contribution in [2.24, 2.45) is 0 Å². The van der Waals surface area contributed by atoms with Gasteiger partial charge < -0.3 is 15.7 Å². The molecule has 6 heteroatoms. The van der Waals surface area contributed by atoms with E-state index in [4.69, 9.17) is 11.6 Å². The van der Waals surface area contributed by atoms with Gasteiger partial charge >= 0.3 is 0 Å². The monoisotopic (exact) mass is 346 g/mol. The van der Waals surface area contributed by atoms with Gasteiger partial charge in [0.25, 0.3) is 0 Å². The number of aliphatic hydroxyl groups excluding tert-OH is 1. The van der Waals surface area contributed by atoms with E-state index in [1.54, 1.807) is 49.4 Å². The molecule has 0 fully saturated rings. The fourth-order valence-corrected chi connectivity index (χ4v) is 2.40. The summed E-state index contributed by atoms with van der Waals surface area (Å²) in [4.78, 5) is 23.3. The topological polar surface area (TPSA) is 78.4 Å². The van der Waals surface area contributed by atoms with Crippen LogP contribution in [0.3, 0.4) is 0 Å². The molecular formula is C18H19ClN2O3. The van der Waals surface area contributed by atoms with Crippen LogP contribution in [0.1, 0.15) is 30.6 Å². The molecule has 0 aliphatic carbocycles. The first kappa shape index (κ1) is 18.0. The quantitative estimate of drug-likeness (QED) is 0.773. The van der Waals surface area contributed by atoms with Crippen LogP contribution in [0.4, 0.5) is 11.4 Å². The van der Waals surface area contributed by atoms with E-state index in [0.29, 0.717) is 22.0 Å². The summed E-state index contributed by atoms with van der Waals surface area (Å²) in [5.41, 5.74) is 2.61. The highest BCUT2D eigenvalue weighted by molar-refractivity contribution is 6.30. The van der Waals surface area contributed by atoms with Crippen molar-refractivity contribution in [3.63, 3.8) is 0 Å². The Morgan fingerprint density at radius 3 is 2.25 bits per heavy atom. The van der Waals surface area contributed by atoms with Gasteiger partial charge in [-0.25, -0.2) is 0 Å². The third-order valence-corrected chi connectivity index (χ3v) is 3.80. The van der Waals surface area contributed by atoms with Gasteiger partial charge in [0.1, 0.15) is 0 Å². The van der Waals surface area contributed by atoms with Gasteiger partial charge in [0, 0.05) is 23.3 Å². The lowest BCUT2D eigenvalue weighted by atomic mass is 10.1. The summed E-state index contributed by atoms with van der Waals surface area (Å²) in [6, 6.07) is 11.9. The van der Waals surface area contributed by atoms with Crippen molar-refractivity contribution in [3.8, 4) is 0 Å². The van der Waals surface area contributed by atoms with Crippen LogP contribution >= 0.6 is 11.6 Å². The number of anilines is 2. The van der Waals surface area contributed by atoms with E-state index in [1.807, 2.05) is 0 Å². The minimum Gasteiger partial charge on any atom is -0.388 e. The van der Waals surface area contributed by atoms with E-state index in [2.05, 4.69) is 10.6 Å². The molecule has 2 rings (SSSR count). The van der Waals surface area contributed by atoms with E-state index in [1.165, 1.54) is 6.92 Å². The van der Waals surface area contributed by atoms with Crippen molar-refractivity contribution in [1.82, 2.24) is 0 Å². The zero-order valence-corrected chi connectivity index (χ0v) is 14.2. The molecule has 2 amide bonds. The smallest absolute Gasteiger partial charge is 0.227 e. The van der Waals surface area contributed by atoms with E-state index < -0.39 is 6.10 Å². The normalized spacial score (nSPS) is 11.7. The SMILES string of the molecule is CC(=O)Nc1cccc(NC(=O)CC(O)c2ccc(Cl)cc2)c1C. The number of carbonyl (C=O) groups is 2. The number of hydrogen-bond donors (Lipinski definition) is 3. The second kappa shape index (κ2) is 7.95. The first-order valence-electron chi connectivity index (χ1n) is 7.47. The standard InChI is InChI=1S/C18H19ClN2O3/c1-11-15(20-12(2)22)4-3-5-16(11)21-18(24)10-17(23)13-6-8-14(19)9-7-13/h3-9,17,23H,10H2,1-2H3,(H,20,22)(H,21,24). The molecule has 126 valence electrons. The maximum absolute atomic E-state index is 12.2. The number of carbonyl (C=O) groups excluding carboxylic acids is 2. The number of halogens is 1. The Morgan fingerprint density at radius 1 is 1.08 bits per heavy atom. The first-order valence-corrected chi connectivity index (χ1v) is 7.85. The Morgan fingerprint density at radius 2 is 1.67 bits per heavy atom. The fourth-order valence-electron chi connectivity index (χ4n) is 2.28. The lowest BCUT2D eigenvalue weighted by molar-refractivity contribution is -0.118. The molecule has 1 unspecified atom stereocenters. The average Bonchev–Trinajstić information content (AvgIpc) is 2.51. The summed E-state index contributed by atoms with van der Waals surface area (Å²) >= 11 is 5.81. The summed E-state index contributed by atoms with van der Waals surface area (Å²) in [6.07, 6.45) is -0.994. The summed E-state index contributed by atoms with van der Waals surface area (Å²) < 4.78 is 0. The Bertz CT molecular complexity index is 744. The molecule has 0 aromatic heterocycles. The highest BCUT2D eigenvalue weighted by atomic mass is 35.5. The summed E-state index contributed by atoms with van der Waals surface area (Å²) in [7, 11) is 0. The predicted molar refractivity (Wildman–Crippen MR) is 95.1 cm³/mol. The molecule has 0 aliphatic heterocycles. The number of nitrogens with one attached hydrogen (secondary N) is 2. The average molecular weight is 347 g/mol. The predicted octanol–water partition coefficient (Wildman–Crippen LogP) is 3.67. The van der Waals surface area contributed by atoms with Crippen LogP contribution in [0.5, 0.6) is 0 Å². The number of hydrogen-bond acceptors (Lipinski definition) is 3. The number of amides is 2. The van der Waals surface area contributed by atoms with E-state index in [0.717, 1.165) is 5.56 Å². The van der Waals surface area contributed by atoms with Crippen molar-refractivity contribution in [1.29, 1.82) is 0 Å². The molecule has 0 saturated heterocycles. The molecule has 0 spiro atoms. The number of aliphatic hydroxyl groups is 1. The first-order chi connectivity index (χ1) is 11.4. The molecular weight excluding hydrogens is 328 g/mol. The van der Waals surface area contributed by atoms with Gasteiger partial charge in [-0.3, -0.25) is 9.59 Å². The lowest BCUT2D eigenvalue weighted by Crippen LogP contribution is -2.17. The Labute approximate surface area is 145 Å². The molecule has 0 radical (unpaired) electrons. The zero-order valence-electron chi connectivity index (χ0n) is 13.5. The third kappa shape index (κ3) is 4.81. The number of benzene rings is 2. The summed E-state index contributed by atoms with van der Waals surface area (Å²) in [5.74, 6) is -0.500. The zero-order chi connectivity index (χ0) is 17.7. The molecule has 0 bridgehead atoms. The molecule has 0 heterocycles. The molecule has 2 aromatic rings. The Balaban J connectivity index is 2.04. The molecule has 0 saturated carbocycles. The van der Waals surface area contributed by atoms with Crippen molar-refractivity contribution >= 4 is 34.8 Å². The fraction of sp³-hybridized carbons (Fsp3) is 0.222. The summed E-state index contributed by atoms with van der Waals surface area (Å²) in [5, 5.41) is 16.2. The maximum atomic E-state index is 12.2. The maximum Gasteiger partial charge on any atom is 0.227 e. The lowest BCUT2D eigenvalue weighted by Gasteiger charge is -2.14. The minimum atomic E-state index is -0.916. The molecule has 5 nitrogen and oxygen atoms in total. The molecule has 1 atom stereocenters. The van der Waals surface area contributed by atoms with Gasteiger partial charge in [0.2, 0.25) is 11.8 Å². The van der Waals surface area contributed by atoms with Crippen LogP contribution in [0.25, 0.3) is 0 Å². The van der Waals surface area contributed by atoms with Crippen molar-refractivity contribution in [2.75, 3.05) is 10.6 Å². The number of rotatable bonds is 5. The van der Waals surface area contributed by atoms with Crippen LogP contribution in [-0.2, 0) is 9.59 Å². The Hall–Kier alpha value is -2.37. The van der Waals surface area contributed by atoms with Gasteiger partial charge in [0.05, 0.1) is 12.5 Å². The molecule has 0 aliphatic rings. The van der Waals surface area contributed by atoms with Crippen LogP contribution < -0.4 is 10.6 Å². The second-order valence-electron chi connectivity index (χ2n) is 5.48. The minimum absolute atomic E-state index is 0.0779. The van der Waals surface area contributed by atoms with E-state index in [-0.39, 0.29) is 18.2 Å². The highest BCUT2D eigenvalue weighted by Gasteiger charge is 2.14. The van der Waals surface area contributed by atoms with Gasteiger partial charge in [-0.2, -0.15) is 0 Å². The van der Waals surface area contributed by atoms with Crippen LogP contribution in [0, 0.1) is 6.92 Å². The van der Waals surface area contributed by atoms with Crippen molar-refractivity contribution in [3.05, 3.63) is 58.6 Å². The highest BCUT2D eigenvalue weighted by Crippen LogP contribution is 2.25. The largest absolute Gasteiger partial charge is 0.388 e.